The Labute approximate surface area is 128 Å². The van der Waals surface area contributed by atoms with Gasteiger partial charge in [-0.05, 0) is 19.8 Å². The van der Waals surface area contributed by atoms with Crippen LogP contribution < -0.4 is 4.90 Å². The van der Waals surface area contributed by atoms with Crippen molar-refractivity contribution in [3.63, 3.8) is 0 Å². The zero-order chi connectivity index (χ0) is 14.6. The van der Waals surface area contributed by atoms with Crippen LogP contribution in [0.15, 0.2) is 0 Å². The Morgan fingerprint density at radius 3 is 2.71 bits per heavy atom. The van der Waals surface area contributed by atoms with Crippen LogP contribution in [0.25, 0.3) is 0 Å². The largest absolute Gasteiger partial charge is 0.335 e. The van der Waals surface area contributed by atoms with E-state index in [4.69, 9.17) is 4.98 Å². The summed E-state index contributed by atoms with van der Waals surface area (Å²) in [5.41, 5.74) is 0. The van der Waals surface area contributed by atoms with E-state index in [0.717, 1.165) is 35.7 Å². The maximum Gasteiger partial charge on any atom is 0.205 e. The van der Waals surface area contributed by atoms with Crippen LogP contribution in [0, 0.1) is 0 Å². The first kappa shape index (κ1) is 13.2. The molecule has 0 amide bonds. The van der Waals surface area contributed by atoms with Crippen LogP contribution in [-0.2, 0) is 6.54 Å². The minimum absolute atomic E-state index is 0.207. The van der Waals surface area contributed by atoms with Crippen molar-refractivity contribution in [2.24, 2.45) is 0 Å². The second-order valence-corrected chi connectivity index (χ2v) is 7.03. The topological polar surface area (TPSA) is 59.7 Å². The smallest absolute Gasteiger partial charge is 0.205 e. The summed E-state index contributed by atoms with van der Waals surface area (Å²) in [6, 6.07) is 0.207. The van der Waals surface area contributed by atoms with Crippen LogP contribution in [0.2, 0.25) is 0 Å². The third-order valence-corrected chi connectivity index (χ3v) is 5.12. The molecule has 2 aromatic heterocycles. The molecule has 6 nitrogen and oxygen atoms in total. The second kappa shape index (κ2) is 4.76. The van der Waals surface area contributed by atoms with Gasteiger partial charge in [-0.25, -0.2) is 4.98 Å². The molecule has 1 aliphatic heterocycles. The Balaban J connectivity index is 1.63. The van der Waals surface area contributed by atoms with Gasteiger partial charge in [0.25, 0.3) is 0 Å². The number of rotatable bonds is 3. The molecule has 2 aromatic rings. The maximum absolute atomic E-state index is 4.74. The van der Waals surface area contributed by atoms with E-state index < -0.39 is 0 Å². The molecule has 0 N–H and O–H groups in total. The van der Waals surface area contributed by atoms with Crippen molar-refractivity contribution < 1.29 is 0 Å². The van der Waals surface area contributed by atoms with Gasteiger partial charge in [0.1, 0.15) is 11.6 Å². The average molecular weight is 304 g/mol. The molecule has 0 saturated heterocycles. The standard InChI is InChI=1S/C14H20N6S/c1-8(2)12-16-17-13-9(3)19(6-7-20(12)13)14-15-11(18-21-14)10-4-5-10/h8-10H,4-7H2,1-3H3. The zero-order valence-electron chi connectivity index (χ0n) is 12.7. The van der Waals surface area contributed by atoms with Crippen molar-refractivity contribution in [1.82, 2.24) is 24.1 Å². The average Bonchev–Trinajstić information content (AvgIpc) is 3.02. The summed E-state index contributed by atoms with van der Waals surface area (Å²) in [5, 5.41) is 9.82. The molecule has 7 heteroatoms. The zero-order valence-corrected chi connectivity index (χ0v) is 13.5. The van der Waals surface area contributed by atoms with Crippen LogP contribution in [0.4, 0.5) is 5.13 Å². The lowest BCUT2D eigenvalue weighted by Crippen LogP contribution is -2.37. The maximum atomic E-state index is 4.74. The van der Waals surface area contributed by atoms with E-state index in [1.165, 1.54) is 24.4 Å². The molecule has 0 spiro atoms. The number of nitrogens with zero attached hydrogens (tertiary/aromatic N) is 6. The van der Waals surface area contributed by atoms with Crippen LogP contribution in [0.3, 0.4) is 0 Å². The monoisotopic (exact) mass is 304 g/mol. The lowest BCUT2D eigenvalue weighted by atomic mass is 10.1. The van der Waals surface area contributed by atoms with Gasteiger partial charge in [-0.2, -0.15) is 4.37 Å². The molecule has 4 rings (SSSR count). The highest BCUT2D eigenvalue weighted by molar-refractivity contribution is 7.09. The van der Waals surface area contributed by atoms with E-state index in [1.54, 1.807) is 0 Å². The molecule has 2 aliphatic rings. The van der Waals surface area contributed by atoms with Crippen molar-refractivity contribution in [2.45, 2.75) is 58.0 Å². The third kappa shape index (κ3) is 2.14. The third-order valence-electron chi connectivity index (χ3n) is 4.35. The molecular weight excluding hydrogens is 284 g/mol. The van der Waals surface area contributed by atoms with Gasteiger partial charge in [0.15, 0.2) is 5.82 Å². The van der Waals surface area contributed by atoms with Crippen molar-refractivity contribution in [3.05, 3.63) is 17.5 Å². The minimum Gasteiger partial charge on any atom is -0.335 e. The number of anilines is 1. The van der Waals surface area contributed by atoms with Gasteiger partial charge >= 0.3 is 0 Å². The number of fused-ring (bicyclic) bond motifs is 1. The molecule has 112 valence electrons. The highest BCUT2D eigenvalue weighted by Gasteiger charge is 2.33. The van der Waals surface area contributed by atoms with E-state index in [-0.39, 0.29) is 6.04 Å². The Morgan fingerprint density at radius 2 is 2.00 bits per heavy atom. The fourth-order valence-corrected chi connectivity index (χ4v) is 3.80. The van der Waals surface area contributed by atoms with E-state index >= 15 is 0 Å². The molecule has 1 unspecified atom stereocenters. The van der Waals surface area contributed by atoms with Gasteiger partial charge in [0, 0.05) is 36.5 Å². The first-order valence-corrected chi connectivity index (χ1v) is 8.45. The van der Waals surface area contributed by atoms with E-state index in [0.29, 0.717) is 11.8 Å². The van der Waals surface area contributed by atoms with Crippen LogP contribution in [0.5, 0.6) is 0 Å². The minimum atomic E-state index is 0.207. The molecule has 1 atom stereocenters. The van der Waals surface area contributed by atoms with E-state index in [1.807, 2.05) is 0 Å². The van der Waals surface area contributed by atoms with Gasteiger partial charge < -0.3 is 9.47 Å². The first-order valence-electron chi connectivity index (χ1n) is 7.68. The summed E-state index contributed by atoms with van der Waals surface area (Å²) in [6.07, 6.45) is 2.50. The fraction of sp³-hybridized carbons (Fsp3) is 0.714. The summed E-state index contributed by atoms with van der Waals surface area (Å²) in [5.74, 6) is 4.21. The van der Waals surface area contributed by atoms with Crippen LogP contribution in [0.1, 0.15) is 69.0 Å². The van der Waals surface area contributed by atoms with Gasteiger partial charge in [0.2, 0.25) is 5.13 Å². The number of aromatic nitrogens is 5. The predicted octanol–water partition coefficient (Wildman–Crippen LogP) is 2.71. The summed E-state index contributed by atoms with van der Waals surface area (Å²) >= 11 is 1.52. The highest BCUT2D eigenvalue weighted by atomic mass is 32.1. The Bertz CT molecular complexity index is 656. The van der Waals surface area contributed by atoms with Crippen LogP contribution >= 0.6 is 11.5 Å². The Hall–Kier alpha value is -1.50. The lowest BCUT2D eigenvalue weighted by molar-refractivity contribution is 0.479. The molecule has 1 saturated carbocycles. The van der Waals surface area contributed by atoms with Gasteiger partial charge in [-0.1, -0.05) is 13.8 Å². The van der Waals surface area contributed by atoms with E-state index in [2.05, 4.69) is 44.8 Å². The molecule has 1 fully saturated rings. The molecule has 3 heterocycles. The van der Waals surface area contributed by atoms with Gasteiger partial charge in [-0.15, -0.1) is 10.2 Å². The molecular formula is C14H20N6S. The quantitative estimate of drug-likeness (QED) is 0.872. The summed E-state index contributed by atoms with van der Waals surface area (Å²) < 4.78 is 6.80. The summed E-state index contributed by atoms with van der Waals surface area (Å²) in [7, 11) is 0. The number of hydrogen-bond acceptors (Lipinski definition) is 6. The molecule has 0 bridgehead atoms. The van der Waals surface area contributed by atoms with Gasteiger partial charge in [-0.3, -0.25) is 0 Å². The Kier molecular flexibility index (Phi) is 2.99. The molecule has 1 aliphatic carbocycles. The molecule has 0 aromatic carbocycles. The fourth-order valence-electron chi connectivity index (χ4n) is 2.95. The second-order valence-electron chi connectivity index (χ2n) is 6.30. The van der Waals surface area contributed by atoms with Crippen LogP contribution in [-0.4, -0.2) is 30.7 Å². The lowest BCUT2D eigenvalue weighted by Gasteiger charge is -2.33. The SMILES string of the molecule is CC(C)c1nnc2n1CCN(c1nc(C3CC3)ns1)C2C. The van der Waals surface area contributed by atoms with Crippen molar-refractivity contribution in [1.29, 1.82) is 0 Å². The van der Waals surface area contributed by atoms with Gasteiger partial charge in [0.05, 0.1) is 6.04 Å². The van der Waals surface area contributed by atoms with Crippen molar-refractivity contribution in [2.75, 3.05) is 11.4 Å². The predicted molar refractivity (Wildman–Crippen MR) is 81.8 cm³/mol. The molecule has 21 heavy (non-hydrogen) atoms. The highest BCUT2D eigenvalue weighted by Crippen LogP contribution is 2.41. The first-order chi connectivity index (χ1) is 10.1. The van der Waals surface area contributed by atoms with E-state index in [9.17, 15) is 0 Å². The summed E-state index contributed by atoms with van der Waals surface area (Å²) in [6.45, 7) is 8.40. The van der Waals surface area contributed by atoms with Crippen molar-refractivity contribution >= 4 is 16.7 Å². The Morgan fingerprint density at radius 1 is 1.19 bits per heavy atom. The number of hydrogen-bond donors (Lipinski definition) is 0. The molecule has 0 radical (unpaired) electrons. The van der Waals surface area contributed by atoms with Crippen molar-refractivity contribution in [3.8, 4) is 0 Å². The normalized spacial score (nSPS) is 21.9. The summed E-state index contributed by atoms with van der Waals surface area (Å²) in [4.78, 5) is 7.05.